The summed E-state index contributed by atoms with van der Waals surface area (Å²) in [6, 6.07) is 6.21. The molecule has 0 saturated heterocycles. The van der Waals surface area contributed by atoms with Crippen molar-refractivity contribution in [2.45, 2.75) is 46.6 Å². The largest absolute Gasteiger partial charge is 0.370 e. The fourth-order valence-corrected chi connectivity index (χ4v) is 2.63. The maximum Gasteiger partial charge on any atom is 0.0642 e. The van der Waals surface area contributed by atoms with E-state index >= 15 is 0 Å². The van der Waals surface area contributed by atoms with Gasteiger partial charge in [-0.05, 0) is 37.5 Å². The van der Waals surface area contributed by atoms with Crippen molar-refractivity contribution in [3.05, 3.63) is 28.8 Å². The highest BCUT2D eigenvalue weighted by molar-refractivity contribution is 6.33. The SMILES string of the molecule is CCC(CC)CN(CC)c1ccc([C@H](C)N)cc1Cl. The molecular weight excluding hydrogens is 256 g/mol. The zero-order valence-electron chi connectivity index (χ0n) is 12.6. The Labute approximate surface area is 122 Å². The van der Waals surface area contributed by atoms with Crippen LogP contribution in [0, 0.1) is 5.92 Å². The summed E-state index contributed by atoms with van der Waals surface area (Å²) in [5.74, 6) is 0.726. The average Bonchev–Trinajstić information content (AvgIpc) is 2.41. The summed E-state index contributed by atoms with van der Waals surface area (Å²) in [6.07, 6.45) is 2.42. The molecule has 0 radical (unpaired) electrons. The van der Waals surface area contributed by atoms with Gasteiger partial charge in [0.05, 0.1) is 10.7 Å². The van der Waals surface area contributed by atoms with Crippen molar-refractivity contribution >= 4 is 17.3 Å². The first kappa shape index (κ1) is 16.3. The highest BCUT2D eigenvalue weighted by Crippen LogP contribution is 2.29. The lowest BCUT2D eigenvalue weighted by Crippen LogP contribution is -2.29. The predicted octanol–water partition coefficient (Wildman–Crippen LogP) is 4.62. The Hall–Kier alpha value is -0.730. The highest BCUT2D eigenvalue weighted by atomic mass is 35.5. The monoisotopic (exact) mass is 282 g/mol. The minimum Gasteiger partial charge on any atom is -0.370 e. The molecule has 108 valence electrons. The molecule has 19 heavy (non-hydrogen) atoms. The van der Waals surface area contributed by atoms with E-state index in [-0.39, 0.29) is 6.04 Å². The van der Waals surface area contributed by atoms with Gasteiger partial charge in [0.2, 0.25) is 0 Å². The number of hydrogen-bond acceptors (Lipinski definition) is 2. The summed E-state index contributed by atoms with van der Waals surface area (Å²) in [5.41, 5.74) is 8.11. The normalized spacial score (nSPS) is 12.8. The minimum absolute atomic E-state index is 0.0284. The van der Waals surface area contributed by atoms with E-state index in [0.717, 1.165) is 35.3 Å². The van der Waals surface area contributed by atoms with Crippen LogP contribution in [0.25, 0.3) is 0 Å². The lowest BCUT2D eigenvalue weighted by atomic mass is 10.0. The number of benzene rings is 1. The van der Waals surface area contributed by atoms with E-state index in [1.165, 1.54) is 12.8 Å². The standard InChI is InChI=1S/C16H27ClN2/c1-5-13(6-2)11-19(7-3)16-9-8-14(12(4)18)10-15(16)17/h8-10,12-13H,5-7,11,18H2,1-4H3/t12-/m0/s1. The Kier molecular flexibility index (Phi) is 6.67. The Bertz CT molecular complexity index is 386. The molecule has 1 rings (SSSR count). The van der Waals surface area contributed by atoms with Gasteiger partial charge in [-0.3, -0.25) is 0 Å². The van der Waals surface area contributed by atoms with Gasteiger partial charge < -0.3 is 10.6 Å². The molecular formula is C16H27ClN2. The van der Waals surface area contributed by atoms with Crippen LogP contribution in [0.5, 0.6) is 0 Å². The quantitative estimate of drug-likeness (QED) is 0.790. The van der Waals surface area contributed by atoms with Crippen LogP contribution in [0.4, 0.5) is 5.69 Å². The van der Waals surface area contributed by atoms with Gasteiger partial charge in [-0.25, -0.2) is 0 Å². The van der Waals surface area contributed by atoms with Gasteiger partial charge in [-0.15, -0.1) is 0 Å². The van der Waals surface area contributed by atoms with Gasteiger partial charge in [0.15, 0.2) is 0 Å². The van der Waals surface area contributed by atoms with Crippen molar-refractivity contribution < 1.29 is 0 Å². The molecule has 0 heterocycles. The second-order valence-corrected chi connectivity index (χ2v) is 5.63. The number of nitrogens with zero attached hydrogens (tertiary/aromatic N) is 1. The Morgan fingerprint density at radius 3 is 2.26 bits per heavy atom. The third kappa shape index (κ3) is 4.39. The van der Waals surface area contributed by atoms with Gasteiger partial charge in [-0.1, -0.05) is 44.4 Å². The Balaban J connectivity index is 2.92. The second-order valence-electron chi connectivity index (χ2n) is 5.22. The van der Waals surface area contributed by atoms with E-state index < -0.39 is 0 Å². The van der Waals surface area contributed by atoms with Crippen LogP contribution < -0.4 is 10.6 Å². The van der Waals surface area contributed by atoms with E-state index in [9.17, 15) is 0 Å². The summed E-state index contributed by atoms with van der Waals surface area (Å²) in [7, 11) is 0. The van der Waals surface area contributed by atoms with Gasteiger partial charge in [-0.2, -0.15) is 0 Å². The molecule has 0 spiro atoms. The first-order chi connectivity index (χ1) is 9.03. The number of hydrogen-bond donors (Lipinski definition) is 1. The average molecular weight is 283 g/mol. The van der Waals surface area contributed by atoms with Gasteiger partial charge in [0, 0.05) is 19.1 Å². The summed E-state index contributed by atoms with van der Waals surface area (Å²) in [6.45, 7) is 10.7. The second kappa shape index (κ2) is 7.76. The van der Waals surface area contributed by atoms with Crippen molar-refractivity contribution in [3.8, 4) is 0 Å². The highest BCUT2D eigenvalue weighted by Gasteiger charge is 2.14. The van der Waals surface area contributed by atoms with E-state index in [4.69, 9.17) is 17.3 Å². The van der Waals surface area contributed by atoms with Crippen molar-refractivity contribution in [2.75, 3.05) is 18.0 Å². The van der Waals surface area contributed by atoms with Crippen LogP contribution in [0.1, 0.15) is 52.1 Å². The number of anilines is 1. The topological polar surface area (TPSA) is 29.3 Å². The van der Waals surface area contributed by atoms with Crippen molar-refractivity contribution in [3.63, 3.8) is 0 Å². The van der Waals surface area contributed by atoms with Gasteiger partial charge >= 0.3 is 0 Å². The smallest absolute Gasteiger partial charge is 0.0642 e. The van der Waals surface area contributed by atoms with Crippen LogP contribution in [-0.4, -0.2) is 13.1 Å². The lowest BCUT2D eigenvalue weighted by molar-refractivity contribution is 0.486. The molecule has 0 amide bonds. The fourth-order valence-electron chi connectivity index (χ4n) is 2.32. The van der Waals surface area contributed by atoms with Crippen LogP contribution >= 0.6 is 11.6 Å². The van der Waals surface area contributed by atoms with Crippen LogP contribution in [0.15, 0.2) is 18.2 Å². The summed E-state index contributed by atoms with van der Waals surface area (Å²) in [5, 5.41) is 0.808. The number of rotatable bonds is 7. The molecule has 1 aromatic carbocycles. The molecule has 0 aliphatic carbocycles. The zero-order valence-corrected chi connectivity index (χ0v) is 13.4. The molecule has 2 nitrogen and oxygen atoms in total. The summed E-state index contributed by atoms with van der Waals surface area (Å²) in [4.78, 5) is 2.37. The molecule has 0 aromatic heterocycles. The first-order valence-corrected chi connectivity index (χ1v) is 7.71. The van der Waals surface area contributed by atoms with Crippen LogP contribution in [-0.2, 0) is 0 Å². The molecule has 0 fully saturated rings. The first-order valence-electron chi connectivity index (χ1n) is 7.33. The molecule has 2 N–H and O–H groups in total. The van der Waals surface area contributed by atoms with Crippen LogP contribution in [0.3, 0.4) is 0 Å². The third-order valence-electron chi connectivity index (χ3n) is 3.85. The summed E-state index contributed by atoms with van der Waals surface area (Å²) < 4.78 is 0. The van der Waals surface area contributed by atoms with Crippen molar-refractivity contribution in [1.29, 1.82) is 0 Å². The molecule has 0 aliphatic heterocycles. The predicted molar refractivity (Wildman–Crippen MR) is 86.0 cm³/mol. The third-order valence-corrected chi connectivity index (χ3v) is 4.16. The van der Waals surface area contributed by atoms with Crippen molar-refractivity contribution in [1.82, 2.24) is 0 Å². The Morgan fingerprint density at radius 2 is 1.84 bits per heavy atom. The number of halogens is 1. The Morgan fingerprint density at radius 1 is 1.21 bits per heavy atom. The maximum atomic E-state index is 6.42. The summed E-state index contributed by atoms with van der Waals surface area (Å²) >= 11 is 6.42. The van der Waals surface area contributed by atoms with Gasteiger partial charge in [0.1, 0.15) is 0 Å². The molecule has 1 atom stereocenters. The minimum atomic E-state index is 0.0284. The molecule has 0 unspecified atom stereocenters. The maximum absolute atomic E-state index is 6.42. The molecule has 1 aromatic rings. The number of nitrogens with two attached hydrogens (primary N) is 1. The van der Waals surface area contributed by atoms with E-state index in [0.29, 0.717) is 0 Å². The van der Waals surface area contributed by atoms with E-state index in [2.05, 4.69) is 37.8 Å². The lowest BCUT2D eigenvalue weighted by Gasteiger charge is -2.28. The van der Waals surface area contributed by atoms with Crippen molar-refractivity contribution in [2.24, 2.45) is 11.7 Å². The van der Waals surface area contributed by atoms with Gasteiger partial charge in [0.25, 0.3) is 0 Å². The molecule has 0 bridgehead atoms. The fraction of sp³-hybridized carbons (Fsp3) is 0.625. The van der Waals surface area contributed by atoms with E-state index in [1.54, 1.807) is 0 Å². The van der Waals surface area contributed by atoms with E-state index in [1.807, 2.05) is 13.0 Å². The molecule has 0 aliphatic rings. The molecule has 3 heteroatoms. The zero-order chi connectivity index (χ0) is 14.4. The molecule has 0 saturated carbocycles. The van der Waals surface area contributed by atoms with Crippen LogP contribution in [0.2, 0.25) is 5.02 Å².